The van der Waals surface area contributed by atoms with E-state index in [0.29, 0.717) is 23.6 Å². The van der Waals surface area contributed by atoms with E-state index in [1.807, 2.05) is 12.1 Å². The Morgan fingerprint density at radius 3 is 2.03 bits per heavy atom. The molecular weight excluding hydrogens is 458 g/mol. The summed E-state index contributed by atoms with van der Waals surface area (Å²) in [6, 6.07) is 7.91. The lowest BCUT2D eigenvalue weighted by atomic mass is 9.98. The third-order valence-electron chi connectivity index (χ3n) is 6.01. The van der Waals surface area contributed by atoms with E-state index in [1.165, 1.54) is 5.56 Å². The minimum Gasteiger partial charge on any atom is -0.491 e. The molecular formula is C26H22F6O2. The predicted molar refractivity (Wildman–Crippen MR) is 115 cm³/mol. The molecule has 0 aromatic heterocycles. The maximum Gasteiger partial charge on any atom is 0.432 e. The van der Waals surface area contributed by atoms with Gasteiger partial charge in [0.25, 0.3) is 0 Å². The van der Waals surface area contributed by atoms with Crippen molar-refractivity contribution in [3.8, 4) is 22.6 Å². The van der Waals surface area contributed by atoms with E-state index in [2.05, 4.69) is 16.4 Å². The fraction of sp³-hybridized carbons (Fsp3) is 0.308. The molecule has 0 radical (unpaired) electrons. The van der Waals surface area contributed by atoms with Gasteiger partial charge >= 0.3 is 6.11 Å². The molecule has 0 bridgehead atoms. The average molecular weight is 480 g/mol. The van der Waals surface area contributed by atoms with Gasteiger partial charge in [-0.25, -0.2) is 17.6 Å². The van der Waals surface area contributed by atoms with Gasteiger partial charge in [0, 0.05) is 12.1 Å². The Morgan fingerprint density at radius 2 is 1.44 bits per heavy atom. The van der Waals surface area contributed by atoms with Gasteiger partial charge in [-0.2, -0.15) is 8.78 Å². The Morgan fingerprint density at radius 1 is 0.824 bits per heavy atom. The van der Waals surface area contributed by atoms with Crippen molar-refractivity contribution in [3.05, 3.63) is 82.4 Å². The summed E-state index contributed by atoms with van der Waals surface area (Å²) in [7, 11) is 0.994. The highest BCUT2D eigenvalue weighted by Gasteiger charge is 2.41. The molecule has 0 saturated carbocycles. The van der Waals surface area contributed by atoms with Gasteiger partial charge in [-0.3, -0.25) is 0 Å². The third kappa shape index (κ3) is 4.58. The van der Waals surface area contributed by atoms with Crippen LogP contribution in [-0.2, 0) is 19.0 Å². The standard InChI is InChI=1S/C26H22F6O2/c1-3-4-14-7-15-5-6-16(9-17(15)8-14)18-10-20(27)24(21(28)11-18)26(31,32)34-19-12-22(29)25(33-2)23(30)13-19/h5-6,9-14H,3-4,7-8H2,1-2H3. The molecule has 1 aliphatic rings. The van der Waals surface area contributed by atoms with Crippen LogP contribution in [0.4, 0.5) is 26.3 Å². The van der Waals surface area contributed by atoms with E-state index in [1.54, 1.807) is 6.07 Å². The zero-order chi connectivity index (χ0) is 24.6. The van der Waals surface area contributed by atoms with E-state index < -0.39 is 46.4 Å². The van der Waals surface area contributed by atoms with Crippen LogP contribution in [0.3, 0.4) is 0 Å². The molecule has 0 fully saturated rings. The Labute approximate surface area is 193 Å². The van der Waals surface area contributed by atoms with E-state index in [4.69, 9.17) is 0 Å². The molecule has 1 unspecified atom stereocenters. The summed E-state index contributed by atoms with van der Waals surface area (Å²) >= 11 is 0. The number of alkyl halides is 2. The monoisotopic (exact) mass is 480 g/mol. The molecule has 0 heterocycles. The largest absolute Gasteiger partial charge is 0.491 e. The van der Waals surface area contributed by atoms with Gasteiger partial charge in [0.2, 0.25) is 0 Å². The Hall–Kier alpha value is -3.16. The summed E-state index contributed by atoms with van der Waals surface area (Å²) < 4.78 is 95.2. The normalized spacial score (nSPS) is 15.4. The Bertz CT molecular complexity index is 1180. The van der Waals surface area contributed by atoms with E-state index >= 15 is 0 Å². The van der Waals surface area contributed by atoms with Crippen molar-refractivity contribution < 1.29 is 35.8 Å². The smallest absolute Gasteiger partial charge is 0.432 e. The van der Waals surface area contributed by atoms with Crippen LogP contribution >= 0.6 is 0 Å². The highest BCUT2D eigenvalue weighted by molar-refractivity contribution is 5.66. The van der Waals surface area contributed by atoms with Crippen LogP contribution in [0.1, 0.15) is 36.5 Å². The van der Waals surface area contributed by atoms with Crippen molar-refractivity contribution in [2.75, 3.05) is 7.11 Å². The number of halogens is 6. The fourth-order valence-corrected chi connectivity index (χ4v) is 4.51. The number of hydrogen-bond donors (Lipinski definition) is 0. The molecule has 8 heteroatoms. The van der Waals surface area contributed by atoms with E-state index in [-0.39, 0.29) is 5.56 Å². The zero-order valence-corrected chi connectivity index (χ0v) is 18.5. The second-order valence-electron chi connectivity index (χ2n) is 8.40. The van der Waals surface area contributed by atoms with Crippen molar-refractivity contribution in [2.45, 2.75) is 38.7 Å². The van der Waals surface area contributed by atoms with Crippen molar-refractivity contribution >= 4 is 0 Å². The van der Waals surface area contributed by atoms with Gasteiger partial charge in [0.15, 0.2) is 17.4 Å². The molecule has 3 aromatic rings. The summed E-state index contributed by atoms with van der Waals surface area (Å²) in [5, 5.41) is 0. The van der Waals surface area contributed by atoms with Gasteiger partial charge < -0.3 is 9.47 Å². The first-order valence-corrected chi connectivity index (χ1v) is 10.8. The number of benzene rings is 3. The summed E-state index contributed by atoms with van der Waals surface area (Å²) in [4.78, 5) is 0. The van der Waals surface area contributed by atoms with Crippen LogP contribution in [0, 0.1) is 29.2 Å². The molecule has 4 rings (SSSR count). The summed E-state index contributed by atoms with van der Waals surface area (Å²) in [5.41, 5.74) is 1.20. The predicted octanol–water partition coefficient (Wildman–Crippen LogP) is 7.56. The molecule has 0 amide bonds. The molecule has 1 aliphatic carbocycles. The van der Waals surface area contributed by atoms with Crippen molar-refractivity contribution in [1.29, 1.82) is 0 Å². The molecule has 34 heavy (non-hydrogen) atoms. The Balaban J connectivity index is 1.63. The average Bonchev–Trinajstić information content (AvgIpc) is 3.14. The highest BCUT2D eigenvalue weighted by Crippen LogP contribution is 2.39. The molecule has 0 aliphatic heterocycles. The third-order valence-corrected chi connectivity index (χ3v) is 6.01. The van der Waals surface area contributed by atoms with Crippen molar-refractivity contribution in [1.82, 2.24) is 0 Å². The lowest BCUT2D eigenvalue weighted by Gasteiger charge is -2.20. The van der Waals surface area contributed by atoms with Crippen LogP contribution in [0.25, 0.3) is 11.1 Å². The minimum atomic E-state index is -4.54. The molecule has 3 aromatic carbocycles. The van der Waals surface area contributed by atoms with E-state index in [0.717, 1.165) is 50.5 Å². The Kier molecular flexibility index (Phi) is 6.51. The van der Waals surface area contributed by atoms with Crippen LogP contribution in [0.5, 0.6) is 11.5 Å². The highest BCUT2D eigenvalue weighted by atomic mass is 19.3. The maximum absolute atomic E-state index is 14.7. The summed E-state index contributed by atoms with van der Waals surface area (Å²) in [6.07, 6.45) is -0.581. The minimum absolute atomic E-state index is 0.0952. The van der Waals surface area contributed by atoms with Crippen LogP contribution in [0.2, 0.25) is 0 Å². The molecule has 0 saturated heterocycles. The lowest BCUT2D eigenvalue weighted by Crippen LogP contribution is -2.25. The quantitative estimate of drug-likeness (QED) is 0.325. The van der Waals surface area contributed by atoms with Crippen LogP contribution < -0.4 is 9.47 Å². The number of fused-ring (bicyclic) bond motifs is 1. The van der Waals surface area contributed by atoms with Gasteiger partial charge in [0.05, 0.1) is 7.11 Å². The number of rotatable bonds is 7. The molecule has 0 N–H and O–H groups in total. The van der Waals surface area contributed by atoms with Crippen LogP contribution in [-0.4, -0.2) is 7.11 Å². The lowest BCUT2D eigenvalue weighted by molar-refractivity contribution is -0.189. The molecule has 0 spiro atoms. The molecule has 2 nitrogen and oxygen atoms in total. The van der Waals surface area contributed by atoms with Crippen molar-refractivity contribution in [2.24, 2.45) is 5.92 Å². The zero-order valence-electron chi connectivity index (χ0n) is 18.5. The maximum atomic E-state index is 14.7. The summed E-state index contributed by atoms with van der Waals surface area (Å²) in [6.45, 7) is 2.11. The number of hydrogen-bond acceptors (Lipinski definition) is 2. The van der Waals surface area contributed by atoms with Gasteiger partial charge in [-0.05, 0) is 53.1 Å². The molecule has 180 valence electrons. The topological polar surface area (TPSA) is 18.5 Å². The number of ether oxygens (including phenoxy) is 2. The first-order valence-electron chi connectivity index (χ1n) is 10.8. The van der Waals surface area contributed by atoms with Gasteiger partial charge in [-0.1, -0.05) is 38.0 Å². The first kappa shape index (κ1) is 24.0. The first-order chi connectivity index (χ1) is 16.1. The number of methoxy groups -OCH3 is 1. The fourth-order valence-electron chi connectivity index (χ4n) is 4.51. The van der Waals surface area contributed by atoms with Crippen LogP contribution in [0.15, 0.2) is 42.5 Å². The second-order valence-corrected chi connectivity index (χ2v) is 8.40. The van der Waals surface area contributed by atoms with Gasteiger partial charge in [0.1, 0.15) is 22.9 Å². The van der Waals surface area contributed by atoms with Crippen molar-refractivity contribution in [3.63, 3.8) is 0 Å². The second kappa shape index (κ2) is 9.24. The molecule has 1 atom stereocenters. The SMILES string of the molecule is CCCC1Cc2ccc(-c3cc(F)c(C(F)(F)Oc4cc(F)c(OC)c(F)c4)c(F)c3)cc2C1. The summed E-state index contributed by atoms with van der Waals surface area (Å²) in [5.74, 6) is -6.92. The van der Waals surface area contributed by atoms with E-state index in [9.17, 15) is 26.3 Å². The van der Waals surface area contributed by atoms with Gasteiger partial charge in [-0.15, -0.1) is 0 Å².